The molecule has 4 rings (SSSR count). The number of hydrogen-bond donors (Lipinski definition) is 1. The van der Waals surface area contributed by atoms with Crippen LogP contribution in [0.1, 0.15) is 48.5 Å². The molecule has 0 aliphatic carbocycles. The van der Waals surface area contributed by atoms with Crippen LogP contribution in [-0.4, -0.2) is 48.1 Å². The smallest absolute Gasteiger partial charge is 0.272 e. The summed E-state index contributed by atoms with van der Waals surface area (Å²) in [6.45, 7) is 6.33. The number of carbonyl (C=O) groups excluding carboxylic acids is 1. The Morgan fingerprint density at radius 1 is 1.27 bits per heavy atom. The third-order valence-electron chi connectivity index (χ3n) is 6.23. The highest BCUT2D eigenvalue weighted by molar-refractivity contribution is 7.90. The first-order valence-electron chi connectivity index (χ1n) is 11.2. The van der Waals surface area contributed by atoms with Gasteiger partial charge in [-0.2, -0.15) is 5.10 Å². The molecule has 0 bridgehead atoms. The number of aromatic nitrogens is 2. The number of rotatable bonds is 9. The molecular formula is C24H30N4O4S. The molecule has 0 radical (unpaired) electrons. The van der Waals surface area contributed by atoms with Crippen LogP contribution >= 0.6 is 0 Å². The van der Waals surface area contributed by atoms with E-state index in [-0.39, 0.29) is 22.2 Å². The summed E-state index contributed by atoms with van der Waals surface area (Å²) in [6, 6.07) is 11.1. The maximum atomic E-state index is 12.9. The number of furan rings is 1. The lowest BCUT2D eigenvalue weighted by Crippen LogP contribution is -2.35. The fourth-order valence-corrected chi connectivity index (χ4v) is 5.90. The molecule has 0 saturated heterocycles. The summed E-state index contributed by atoms with van der Waals surface area (Å²) in [5, 5.41) is 7.30. The van der Waals surface area contributed by atoms with Gasteiger partial charge < -0.3 is 9.73 Å². The van der Waals surface area contributed by atoms with Gasteiger partial charge in [-0.3, -0.25) is 14.4 Å². The van der Waals surface area contributed by atoms with Gasteiger partial charge in [0.25, 0.3) is 5.91 Å². The van der Waals surface area contributed by atoms with Crippen LogP contribution in [0, 0.1) is 0 Å². The zero-order valence-corrected chi connectivity index (χ0v) is 20.1. The molecule has 2 aromatic heterocycles. The number of fused-ring (bicyclic) bond motifs is 3. The molecule has 0 saturated carbocycles. The standard InChI is InChI=1S/C24H30N4O4S/c1-4-17(2)28(15-18-9-7-14-32-18)13-8-12-25-24(29)22-20-16-33(30,31)21-11-6-5-10-19(21)23(20)27(3)26-22/h5-7,9-11,14,17H,4,8,12-13,15-16H2,1-3H3,(H,25,29)/t17-/m0/s1. The lowest BCUT2D eigenvalue weighted by molar-refractivity contribution is 0.0943. The van der Waals surface area contributed by atoms with E-state index in [0.29, 0.717) is 29.4 Å². The number of hydrogen-bond acceptors (Lipinski definition) is 6. The highest BCUT2D eigenvalue weighted by atomic mass is 32.2. The lowest BCUT2D eigenvalue weighted by atomic mass is 10.1. The van der Waals surface area contributed by atoms with Gasteiger partial charge in [0.05, 0.1) is 29.2 Å². The predicted octanol–water partition coefficient (Wildman–Crippen LogP) is 3.39. The fourth-order valence-electron chi connectivity index (χ4n) is 4.31. The van der Waals surface area contributed by atoms with Gasteiger partial charge in [-0.15, -0.1) is 0 Å². The Kier molecular flexibility index (Phi) is 6.71. The van der Waals surface area contributed by atoms with Crippen molar-refractivity contribution in [3.63, 3.8) is 0 Å². The van der Waals surface area contributed by atoms with E-state index in [4.69, 9.17) is 4.42 Å². The molecule has 1 atom stereocenters. The van der Waals surface area contributed by atoms with E-state index in [0.717, 1.165) is 31.7 Å². The lowest BCUT2D eigenvalue weighted by Gasteiger charge is -2.27. The van der Waals surface area contributed by atoms with E-state index in [2.05, 4.69) is 29.2 Å². The molecule has 0 fully saturated rings. The minimum absolute atomic E-state index is 0.181. The number of amides is 1. The van der Waals surface area contributed by atoms with Crippen LogP contribution in [0.3, 0.4) is 0 Å². The summed E-state index contributed by atoms with van der Waals surface area (Å²) < 4.78 is 32.7. The third kappa shape index (κ3) is 4.74. The van der Waals surface area contributed by atoms with Gasteiger partial charge in [0.15, 0.2) is 15.5 Å². The van der Waals surface area contributed by atoms with Gasteiger partial charge in [-0.25, -0.2) is 8.42 Å². The SMILES string of the molecule is CC[C@H](C)N(CCCNC(=O)c1nn(C)c2c1CS(=O)(=O)c1ccccc1-2)Cc1ccco1. The zero-order valence-electron chi connectivity index (χ0n) is 19.2. The molecule has 1 N–H and O–H groups in total. The van der Waals surface area contributed by atoms with Crippen molar-refractivity contribution in [3.8, 4) is 11.3 Å². The first kappa shape index (κ1) is 23.3. The second-order valence-electron chi connectivity index (χ2n) is 8.47. The van der Waals surface area contributed by atoms with E-state index in [1.54, 1.807) is 42.3 Å². The van der Waals surface area contributed by atoms with Crippen LogP contribution in [0.15, 0.2) is 52.0 Å². The van der Waals surface area contributed by atoms with E-state index >= 15 is 0 Å². The van der Waals surface area contributed by atoms with Crippen molar-refractivity contribution in [2.45, 2.75) is 49.9 Å². The van der Waals surface area contributed by atoms with Crippen LogP contribution < -0.4 is 5.32 Å². The minimum atomic E-state index is -3.52. The quantitative estimate of drug-likeness (QED) is 0.482. The largest absolute Gasteiger partial charge is 0.468 e. The van der Waals surface area contributed by atoms with Crippen molar-refractivity contribution < 1.29 is 17.6 Å². The monoisotopic (exact) mass is 470 g/mol. The van der Waals surface area contributed by atoms with Crippen molar-refractivity contribution >= 4 is 15.7 Å². The van der Waals surface area contributed by atoms with E-state index in [1.807, 2.05) is 12.1 Å². The minimum Gasteiger partial charge on any atom is -0.468 e. The third-order valence-corrected chi connectivity index (χ3v) is 7.93. The number of benzene rings is 1. The summed E-state index contributed by atoms with van der Waals surface area (Å²) >= 11 is 0. The average Bonchev–Trinajstić information content (AvgIpc) is 3.42. The Morgan fingerprint density at radius 3 is 2.79 bits per heavy atom. The first-order chi connectivity index (χ1) is 15.8. The number of carbonyl (C=O) groups is 1. The van der Waals surface area contributed by atoms with E-state index in [9.17, 15) is 13.2 Å². The van der Waals surface area contributed by atoms with Crippen molar-refractivity contribution in [3.05, 3.63) is 59.7 Å². The second kappa shape index (κ2) is 9.52. The van der Waals surface area contributed by atoms with E-state index < -0.39 is 9.84 Å². The molecule has 1 aliphatic heterocycles. The van der Waals surface area contributed by atoms with Crippen molar-refractivity contribution in [2.75, 3.05) is 13.1 Å². The molecule has 8 nitrogen and oxygen atoms in total. The second-order valence-corrected chi connectivity index (χ2v) is 10.4. The highest BCUT2D eigenvalue weighted by Crippen LogP contribution is 2.38. The molecule has 3 aromatic rings. The van der Waals surface area contributed by atoms with Crippen molar-refractivity contribution in [2.24, 2.45) is 7.05 Å². The topological polar surface area (TPSA) is 97.4 Å². The summed E-state index contributed by atoms with van der Waals surface area (Å²) in [5.74, 6) is 0.351. The molecule has 1 amide bonds. The highest BCUT2D eigenvalue weighted by Gasteiger charge is 2.34. The van der Waals surface area contributed by atoms with Crippen LogP contribution in [-0.2, 0) is 29.2 Å². The van der Waals surface area contributed by atoms with Crippen LogP contribution in [0.25, 0.3) is 11.3 Å². The van der Waals surface area contributed by atoms with Gasteiger partial charge in [-0.1, -0.05) is 25.1 Å². The summed E-state index contributed by atoms with van der Waals surface area (Å²) in [6.07, 6.45) is 3.45. The van der Waals surface area contributed by atoms with Crippen LogP contribution in [0.4, 0.5) is 0 Å². The number of aryl methyl sites for hydroxylation is 1. The Bertz CT molecular complexity index is 1230. The van der Waals surface area contributed by atoms with Crippen LogP contribution in [0.5, 0.6) is 0 Å². The Labute approximate surface area is 194 Å². The van der Waals surface area contributed by atoms with E-state index in [1.165, 1.54) is 0 Å². The number of nitrogens with one attached hydrogen (secondary N) is 1. The molecule has 1 aliphatic rings. The van der Waals surface area contributed by atoms with Gasteiger partial charge >= 0.3 is 0 Å². The zero-order chi connectivity index (χ0) is 23.6. The number of nitrogens with zero attached hydrogens (tertiary/aromatic N) is 3. The average molecular weight is 471 g/mol. The molecule has 1 aromatic carbocycles. The molecule has 3 heterocycles. The Balaban J connectivity index is 1.43. The Morgan fingerprint density at radius 2 is 2.06 bits per heavy atom. The van der Waals surface area contributed by atoms with Gasteiger partial charge in [-0.05, 0) is 38.0 Å². The van der Waals surface area contributed by atoms with Gasteiger partial charge in [0.1, 0.15) is 5.76 Å². The fraction of sp³-hybridized carbons (Fsp3) is 0.417. The first-order valence-corrected chi connectivity index (χ1v) is 12.9. The molecule has 9 heteroatoms. The Hall–Kier alpha value is -2.91. The maximum absolute atomic E-state index is 12.9. The van der Waals surface area contributed by atoms with Crippen molar-refractivity contribution in [1.82, 2.24) is 20.0 Å². The summed E-state index contributed by atoms with van der Waals surface area (Å²) in [4.78, 5) is 15.6. The van der Waals surface area contributed by atoms with Gasteiger partial charge in [0, 0.05) is 37.3 Å². The normalized spacial score (nSPS) is 15.2. The predicted molar refractivity (Wildman–Crippen MR) is 125 cm³/mol. The molecule has 33 heavy (non-hydrogen) atoms. The van der Waals surface area contributed by atoms with Crippen LogP contribution in [0.2, 0.25) is 0 Å². The molecule has 0 unspecified atom stereocenters. The van der Waals surface area contributed by atoms with Gasteiger partial charge in [0.2, 0.25) is 0 Å². The molecular weight excluding hydrogens is 440 g/mol. The number of sulfone groups is 1. The molecule has 176 valence electrons. The van der Waals surface area contributed by atoms with Crippen molar-refractivity contribution in [1.29, 1.82) is 0 Å². The molecule has 0 spiro atoms. The maximum Gasteiger partial charge on any atom is 0.272 e. The summed E-state index contributed by atoms with van der Waals surface area (Å²) in [5.41, 5.74) is 1.93. The summed E-state index contributed by atoms with van der Waals surface area (Å²) in [7, 11) is -1.78.